The van der Waals surface area contributed by atoms with Gasteiger partial charge in [0.1, 0.15) is 23.8 Å². The summed E-state index contributed by atoms with van der Waals surface area (Å²) < 4.78 is 99.0. The van der Waals surface area contributed by atoms with E-state index in [0.29, 0.717) is 0 Å². The van der Waals surface area contributed by atoms with Crippen molar-refractivity contribution in [2.45, 2.75) is 50.4 Å². The summed E-state index contributed by atoms with van der Waals surface area (Å²) in [6.45, 7) is 0.220. The molecule has 2 fully saturated rings. The molecule has 4 rings (SSSR count). The Labute approximate surface area is 200 Å². The number of hydrogen-bond acceptors (Lipinski definition) is 3. The fourth-order valence-corrected chi connectivity index (χ4v) is 5.52. The van der Waals surface area contributed by atoms with Crippen molar-refractivity contribution in [3.05, 3.63) is 59.7 Å². The van der Waals surface area contributed by atoms with Gasteiger partial charge in [-0.1, -0.05) is 30.3 Å². The summed E-state index contributed by atoms with van der Waals surface area (Å²) in [5, 5.41) is 0. The molecule has 1 amide bonds. The molecule has 190 valence electrons. The Hall–Kier alpha value is -2.53. The van der Waals surface area contributed by atoms with Crippen LogP contribution in [0, 0.1) is 17.6 Å². The standard InChI is InChI=1S/C24H25F5N2O3S/c1-2-35(33,34)30-22-20(31(13-24(22,28)29)23(32)16-10-18(26)11-16)12-15-6-4-8-19(21(15)27)14-5-3-7-17(25)9-14/h3-9,16,18,20,22,30H,2,10-13H2,1H3/t16?,18?,20-,22+/m0/s1. The highest BCUT2D eigenvalue weighted by Crippen LogP contribution is 2.40. The monoisotopic (exact) mass is 516 g/mol. The maximum atomic E-state index is 15.5. The van der Waals surface area contributed by atoms with Crippen molar-refractivity contribution < 1.29 is 35.2 Å². The van der Waals surface area contributed by atoms with E-state index in [4.69, 9.17) is 0 Å². The van der Waals surface area contributed by atoms with Gasteiger partial charge in [0.25, 0.3) is 5.92 Å². The second-order valence-corrected chi connectivity index (χ2v) is 11.1. The first kappa shape index (κ1) is 25.6. The molecule has 11 heteroatoms. The third-order valence-electron chi connectivity index (χ3n) is 6.66. The minimum absolute atomic E-state index is 0.0367. The second kappa shape index (κ2) is 9.50. The SMILES string of the molecule is CCS(=O)(=O)N[C@@H]1[C@H](Cc2cccc(-c3cccc(F)c3)c2F)N(C(=O)C2CC(F)C2)CC1(F)F. The predicted molar refractivity (Wildman–Crippen MR) is 120 cm³/mol. The molecule has 2 atom stereocenters. The molecule has 1 N–H and O–H groups in total. The van der Waals surface area contributed by atoms with Gasteiger partial charge < -0.3 is 4.90 Å². The first-order valence-corrected chi connectivity index (χ1v) is 12.9. The number of nitrogens with one attached hydrogen (secondary N) is 1. The topological polar surface area (TPSA) is 66.5 Å². The van der Waals surface area contributed by atoms with Gasteiger partial charge in [-0.15, -0.1) is 0 Å². The lowest BCUT2D eigenvalue weighted by Crippen LogP contribution is -2.53. The van der Waals surface area contributed by atoms with Crippen LogP contribution in [0.2, 0.25) is 0 Å². The zero-order chi connectivity index (χ0) is 25.5. The molecular formula is C24H25F5N2O3S. The van der Waals surface area contributed by atoms with Gasteiger partial charge in [0.2, 0.25) is 15.9 Å². The van der Waals surface area contributed by atoms with Gasteiger partial charge >= 0.3 is 0 Å². The molecule has 2 aromatic carbocycles. The maximum absolute atomic E-state index is 15.5. The van der Waals surface area contributed by atoms with Crippen LogP contribution in [-0.2, 0) is 21.2 Å². The quantitative estimate of drug-likeness (QED) is 0.565. The third-order valence-corrected chi connectivity index (χ3v) is 8.04. The smallest absolute Gasteiger partial charge is 0.283 e. The average Bonchev–Trinajstić information content (AvgIpc) is 3.02. The highest BCUT2D eigenvalue weighted by Gasteiger charge is 2.58. The van der Waals surface area contributed by atoms with Crippen molar-refractivity contribution in [1.82, 2.24) is 9.62 Å². The van der Waals surface area contributed by atoms with Crippen LogP contribution in [0.25, 0.3) is 11.1 Å². The van der Waals surface area contributed by atoms with Gasteiger partial charge in [0.15, 0.2) is 0 Å². The van der Waals surface area contributed by atoms with E-state index in [0.717, 1.165) is 11.0 Å². The Morgan fingerprint density at radius 2 is 1.83 bits per heavy atom. The summed E-state index contributed by atoms with van der Waals surface area (Å²) in [6, 6.07) is 6.06. The fraction of sp³-hybridized carbons (Fsp3) is 0.458. The van der Waals surface area contributed by atoms with Crippen molar-refractivity contribution in [1.29, 1.82) is 0 Å². The van der Waals surface area contributed by atoms with E-state index in [9.17, 15) is 22.0 Å². The molecule has 0 spiro atoms. The number of hydrogen-bond donors (Lipinski definition) is 1. The van der Waals surface area contributed by atoms with E-state index < -0.39 is 76.4 Å². The Morgan fingerprint density at radius 1 is 1.14 bits per heavy atom. The number of carbonyl (C=O) groups is 1. The Balaban J connectivity index is 1.71. The zero-order valence-electron chi connectivity index (χ0n) is 18.9. The Morgan fingerprint density at radius 3 is 2.46 bits per heavy atom. The number of nitrogens with zero attached hydrogens (tertiary/aromatic N) is 1. The molecule has 2 aliphatic rings. The molecule has 0 radical (unpaired) electrons. The minimum atomic E-state index is -4.10. The average molecular weight is 517 g/mol. The van der Waals surface area contributed by atoms with Crippen molar-refractivity contribution >= 4 is 15.9 Å². The second-order valence-electron chi connectivity index (χ2n) is 9.05. The molecule has 1 aliphatic heterocycles. The summed E-state index contributed by atoms with van der Waals surface area (Å²) >= 11 is 0. The number of rotatable bonds is 7. The predicted octanol–water partition coefficient (Wildman–Crippen LogP) is 4.08. The minimum Gasteiger partial charge on any atom is -0.331 e. The lowest BCUT2D eigenvalue weighted by atomic mass is 9.82. The van der Waals surface area contributed by atoms with E-state index in [-0.39, 0.29) is 29.5 Å². The summed E-state index contributed by atoms with van der Waals surface area (Å²) in [5.74, 6) is -6.95. The molecule has 1 saturated heterocycles. The van der Waals surface area contributed by atoms with Gasteiger partial charge in [-0.05, 0) is 49.4 Å². The highest BCUT2D eigenvalue weighted by molar-refractivity contribution is 7.89. The van der Waals surface area contributed by atoms with Gasteiger partial charge in [0.05, 0.1) is 18.3 Å². The van der Waals surface area contributed by atoms with Gasteiger partial charge in [-0.25, -0.2) is 35.1 Å². The fourth-order valence-electron chi connectivity index (χ4n) is 4.64. The van der Waals surface area contributed by atoms with Crippen molar-refractivity contribution in [2.24, 2.45) is 5.92 Å². The zero-order valence-corrected chi connectivity index (χ0v) is 19.7. The van der Waals surface area contributed by atoms with Gasteiger partial charge in [0, 0.05) is 11.5 Å². The largest absolute Gasteiger partial charge is 0.331 e. The lowest BCUT2D eigenvalue weighted by Gasteiger charge is -2.35. The van der Waals surface area contributed by atoms with E-state index in [2.05, 4.69) is 0 Å². The van der Waals surface area contributed by atoms with Crippen LogP contribution in [0.3, 0.4) is 0 Å². The normalized spacial score (nSPS) is 25.9. The van der Waals surface area contributed by atoms with Crippen LogP contribution < -0.4 is 4.72 Å². The van der Waals surface area contributed by atoms with Crippen LogP contribution >= 0.6 is 0 Å². The van der Waals surface area contributed by atoms with Crippen LogP contribution in [0.5, 0.6) is 0 Å². The Kier molecular flexibility index (Phi) is 6.93. The first-order valence-electron chi connectivity index (χ1n) is 11.3. The molecule has 1 heterocycles. The van der Waals surface area contributed by atoms with Crippen molar-refractivity contribution in [3.63, 3.8) is 0 Å². The molecule has 0 bridgehead atoms. The molecule has 0 aromatic heterocycles. The van der Waals surface area contributed by atoms with E-state index in [1.807, 2.05) is 4.72 Å². The summed E-state index contributed by atoms with van der Waals surface area (Å²) in [7, 11) is -4.10. The van der Waals surface area contributed by atoms with E-state index in [1.165, 1.54) is 43.3 Å². The van der Waals surface area contributed by atoms with Crippen molar-refractivity contribution in [2.75, 3.05) is 12.3 Å². The molecule has 1 aliphatic carbocycles. The summed E-state index contributed by atoms with van der Waals surface area (Å²) in [5.41, 5.74) is 0.236. The number of amides is 1. The van der Waals surface area contributed by atoms with Crippen LogP contribution in [0.15, 0.2) is 42.5 Å². The molecular weight excluding hydrogens is 491 g/mol. The molecule has 5 nitrogen and oxygen atoms in total. The number of sulfonamides is 1. The van der Waals surface area contributed by atoms with E-state index in [1.54, 1.807) is 0 Å². The number of carbonyl (C=O) groups excluding carboxylic acids is 1. The first-order chi connectivity index (χ1) is 16.4. The van der Waals surface area contributed by atoms with Crippen LogP contribution in [0.1, 0.15) is 25.3 Å². The number of alkyl halides is 3. The molecule has 2 aromatic rings. The number of halogens is 5. The van der Waals surface area contributed by atoms with Crippen LogP contribution in [0.4, 0.5) is 22.0 Å². The summed E-state index contributed by atoms with van der Waals surface area (Å²) in [6.07, 6.45) is -1.80. The van der Waals surface area contributed by atoms with Crippen LogP contribution in [-0.4, -0.2) is 55.7 Å². The maximum Gasteiger partial charge on any atom is 0.283 e. The highest BCUT2D eigenvalue weighted by atomic mass is 32.2. The third kappa shape index (κ3) is 5.20. The Bertz CT molecular complexity index is 1220. The number of likely N-dealkylation sites (tertiary alicyclic amines) is 1. The van der Waals surface area contributed by atoms with Gasteiger partial charge in [-0.2, -0.15) is 0 Å². The molecule has 35 heavy (non-hydrogen) atoms. The number of benzene rings is 2. The van der Waals surface area contributed by atoms with Gasteiger partial charge in [-0.3, -0.25) is 4.79 Å². The van der Waals surface area contributed by atoms with Crippen molar-refractivity contribution in [3.8, 4) is 11.1 Å². The summed E-state index contributed by atoms with van der Waals surface area (Å²) in [4.78, 5) is 13.8. The lowest BCUT2D eigenvalue weighted by molar-refractivity contribution is -0.142. The molecule has 0 unspecified atom stereocenters. The van der Waals surface area contributed by atoms with E-state index >= 15 is 13.2 Å². The molecule has 1 saturated carbocycles.